The fourth-order valence-corrected chi connectivity index (χ4v) is 5.31. The summed E-state index contributed by atoms with van der Waals surface area (Å²) in [4.78, 5) is 15.9. The first-order chi connectivity index (χ1) is 14.3. The minimum Gasteiger partial charge on any atom is -0.377 e. The van der Waals surface area contributed by atoms with Crippen LogP contribution in [-0.2, 0) is 21.3 Å². The number of pyridine rings is 1. The van der Waals surface area contributed by atoms with E-state index in [0.29, 0.717) is 12.2 Å². The zero-order valence-electron chi connectivity index (χ0n) is 17.2. The van der Waals surface area contributed by atoms with Crippen LogP contribution in [0.3, 0.4) is 0 Å². The highest BCUT2D eigenvalue weighted by Gasteiger charge is 2.30. The Labute approximate surface area is 176 Å². The summed E-state index contributed by atoms with van der Waals surface area (Å²) in [6.07, 6.45) is 1.57. The Morgan fingerprint density at radius 2 is 1.90 bits per heavy atom. The van der Waals surface area contributed by atoms with E-state index in [1.807, 2.05) is 32.0 Å². The second-order valence-electron chi connectivity index (χ2n) is 7.91. The molecule has 158 valence electrons. The van der Waals surface area contributed by atoms with Crippen LogP contribution in [0.5, 0.6) is 0 Å². The number of benzene rings is 2. The molecule has 0 amide bonds. The monoisotopic (exact) mass is 426 g/mol. The summed E-state index contributed by atoms with van der Waals surface area (Å²) in [5, 5.41) is 0.884. The summed E-state index contributed by atoms with van der Waals surface area (Å²) in [6, 6.07) is 14.3. The molecule has 1 fully saturated rings. The van der Waals surface area contributed by atoms with Crippen LogP contribution in [0.15, 0.2) is 58.2 Å². The summed E-state index contributed by atoms with van der Waals surface area (Å²) >= 11 is 0. The molecule has 1 aliphatic heterocycles. The van der Waals surface area contributed by atoms with Crippen molar-refractivity contribution in [3.05, 3.63) is 75.6 Å². The molecule has 0 bridgehead atoms. The van der Waals surface area contributed by atoms with Crippen molar-refractivity contribution in [2.75, 3.05) is 13.2 Å². The molecule has 6 nitrogen and oxygen atoms in total. The molecule has 1 N–H and O–H groups in total. The standard InChI is InChI=1S/C23H26N2O4S/c1-16-8-10-21(11-9-16)30(27,28)25(15-20-7-4-12-29-20)14-19-13-18-6-3-5-17(2)22(18)24-23(19)26/h3,5-6,8-11,13,20H,4,7,12,14-15H2,1-2H3,(H,24,26). The number of nitrogens with zero attached hydrogens (tertiary/aromatic N) is 1. The van der Waals surface area contributed by atoms with Gasteiger partial charge in [-0.25, -0.2) is 8.42 Å². The van der Waals surface area contributed by atoms with Crippen LogP contribution in [-0.4, -0.2) is 37.0 Å². The number of aryl methyl sites for hydroxylation is 2. The number of aromatic amines is 1. The number of nitrogens with one attached hydrogen (secondary N) is 1. The van der Waals surface area contributed by atoms with Crippen molar-refractivity contribution in [1.29, 1.82) is 0 Å². The van der Waals surface area contributed by atoms with Gasteiger partial charge in [0.25, 0.3) is 5.56 Å². The van der Waals surface area contributed by atoms with Gasteiger partial charge in [-0.1, -0.05) is 35.9 Å². The van der Waals surface area contributed by atoms with Crippen molar-refractivity contribution in [3.63, 3.8) is 0 Å². The van der Waals surface area contributed by atoms with Crippen molar-refractivity contribution in [3.8, 4) is 0 Å². The molecule has 1 unspecified atom stereocenters. The Morgan fingerprint density at radius 3 is 2.60 bits per heavy atom. The predicted molar refractivity (Wildman–Crippen MR) is 117 cm³/mol. The van der Waals surface area contributed by atoms with Gasteiger partial charge < -0.3 is 9.72 Å². The quantitative estimate of drug-likeness (QED) is 0.654. The van der Waals surface area contributed by atoms with E-state index >= 15 is 0 Å². The van der Waals surface area contributed by atoms with E-state index in [1.165, 1.54) is 4.31 Å². The van der Waals surface area contributed by atoms with Crippen molar-refractivity contribution in [1.82, 2.24) is 9.29 Å². The van der Waals surface area contributed by atoms with E-state index in [9.17, 15) is 13.2 Å². The molecule has 3 aromatic rings. The fraction of sp³-hybridized carbons (Fsp3) is 0.348. The molecule has 2 aromatic carbocycles. The van der Waals surface area contributed by atoms with Gasteiger partial charge in [-0.3, -0.25) is 4.79 Å². The summed E-state index contributed by atoms with van der Waals surface area (Å²) in [5.74, 6) is 0. The third-order valence-electron chi connectivity index (χ3n) is 5.60. The summed E-state index contributed by atoms with van der Waals surface area (Å²) in [5.41, 5.74) is 2.88. The smallest absolute Gasteiger partial charge is 0.252 e. The van der Waals surface area contributed by atoms with Crippen molar-refractivity contribution < 1.29 is 13.2 Å². The van der Waals surface area contributed by atoms with E-state index in [2.05, 4.69) is 4.98 Å². The first kappa shape index (κ1) is 20.8. The first-order valence-corrected chi connectivity index (χ1v) is 11.6. The van der Waals surface area contributed by atoms with Gasteiger partial charge in [-0.2, -0.15) is 4.31 Å². The van der Waals surface area contributed by atoms with Crippen molar-refractivity contribution >= 4 is 20.9 Å². The van der Waals surface area contributed by atoms with E-state index < -0.39 is 10.0 Å². The van der Waals surface area contributed by atoms with Crippen LogP contribution in [0.25, 0.3) is 10.9 Å². The summed E-state index contributed by atoms with van der Waals surface area (Å²) in [7, 11) is -3.78. The lowest BCUT2D eigenvalue weighted by molar-refractivity contribution is 0.0925. The van der Waals surface area contributed by atoms with E-state index in [0.717, 1.165) is 34.9 Å². The zero-order chi connectivity index (χ0) is 21.3. The molecule has 30 heavy (non-hydrogen) atoms. The Kier molecular flexibility index (Phi) is 5.77. The Bertz CT molecular complexity index is 1210. The van der Waals surface area contributed by atoms with Gasteiger partial charge in [0.05, 0.1) is 16.5 Å². The molecule has 1 aliphatic rings. The maximum Gasteiger partial charge on any atom is 0.252 e. The number of para-hydroxylation sites is 1. The fourth-order valence-electron chi connectivity index (χ4n) is 3.86. The molecule has 1 atom stereocenters. The van der Waals surface area contributed by atoms with Gasteiger partial charge in [0.15, 0.2) is 0 Å². The SMILES string of the molecule is Cc1ccc(S(=O)(=O)N(Cc2cc3cccc(C)c3[nH]c2=O)CC2CCCO2)cc1. The molecule has 1 aromatic heterocycles. The second-order valence-corrected chi connectivity index (χ2v) is 9.85. The van der Waals surface area contributed by atoms with Crippen LogP contribution >= 0.6 is 0 Å². The molecule has 0 saturated carbocycles. The average Bonchev–Trinajstić information content (AvgIpc) is 3.22. The molecule has 1 saturated heterocycles. The number of hydrogen-bond acceptors (Lipinski definition) is 4. The summed E-state index contributed by atoms with van der Waals surface area (Å²) < 4.78 is 33.9. The largest absolute Gasteiger partial charge is 0.377 e. The normalized spacial score (nSPS) is 17.1. The highest BCUT2D eigenvalue weighted by molar-refractivity contribution is 7.89. The van der Waals surface area contributed by atoms with Gasteiger partial charge >= 0.3 is 0 Å². The van der Waals surface area contributed by atoms with Crippen LogP contribution < -0.4 is 5.56 Å². The number of ether oxygens (including phenoxy) is 1. The minimum atomic E-state index is -3.78. The lowest BCUT2D eigenvalue weighted by atomic mass is 10.1. The van der Waals surface area contributed by atoms with E-state index in [-0.39, 0.29) is 29.6 Å². The topological polar surface area (TPSA) is 79.5 Å². The van der Waals surface area contributed by atoms with Crippen LogP contribution in [0.2, 0.25) is 0 Å². The number of fused-ring (bicyclic) bond motifs is 1. The van der Waals surface area contributed by atoms with Crippen molar-refractivity contribution in [2.24, 2.45) is 0 Å². The highest BCUT2D eigenvalue weighted by Crippen LogP contribution is 2.23. The van der Waals surface area contributed by atoms with Gasteiger partial charge in [0.2, 0.25) is 10.0 Å². The highest BCUT2D eigenvalue weighted by atomic mass is 32.2. The number of H-pyrrole nitrogens is 1. The van der Waals surface area contributed by atoms with Crippen molar-refractivity contribution in [2.45, 2.75) is 44.2 Å². The molecule has 0 aliphatic carbocycles. The number of sulfonamides is 1. The Balaban J connectivity index is 1.73. The number of hydrogen-bond donors (Lipinski definition) is 1. The molecule has 0 radical (unpaired) electrons. The van der Waals surface area contributed by atoms with Gasteiger partial charge in [-0.05, 0) is 55.8 Å². The van der Waals surface area contributed by atoms with Gasteiger partial charge in [0, 0.05) is 25.3 Å². The maximum absolute atomic E-state index is 13.4. The first-order valence-electron chi connectivity index (χ1n) is 10.1. The predicted octanol–water partition coefficient (Wildman–Crippen LogP) is 3.51. The number of aromatic nitrogens is 1. The molecule has 2 heterocycles. The molecular weight excluding hydrogens is 400 g/mol. The molecule has 0 spiro atoms. The number of rotatable bonds is 6. The van der Waals surface area contributed by atoms with Gasteiger partial charge in [0.1, 0.15) is 0 Å². The molecular formula is C23H26N2O4S. The van der Waals surface area contributed by atoms with Crippen LogP contribution in [0.4, 0.5) is 0 Å². The second kappa shape index (κ2) is 8.34. The third kappa shape index (κ3) is 4.19. The summed E-state index contributed by atoms with van der Waals surface area (Å²) in [6.45, 7) is 4.70. The minimum absolute atomic E-state index is 0.00468. The Hall–Kier alpha value is -2.48. The van der Waals surface area contributed by atoms with Gasteiger partial charge in [-0.15, -0.1) is 0 Å². The molecule has 4 rings (SSSR count). The van der Waals surface area contributed by atoms with Crippen LogP contribution in [0.1, 0.15) is 29.5 Å². The van der Waals surface area contributed by atoms with E-state index in [4.69, 9.17) is 4.74 Å². The lowest BCUT2D eigenvalue weighted by Gasteiger charge is -2.25. The zero-order valence-corrected chi connectivity index (χ0v) is 18.0. The van der Waals surface area contributed by atoms with Crippen LogP contribution in [0, 0.1) is 13.8 Å². The average molecular weight is 427 g/mol. The lowest BCUT2D eigenvalue weighted by Crippen LogP contribution is -2.38. The Morgan fingerprint density at radius 1 is 1.13 bits per heavy atom. The third-order valence-corrected chi connectivity index (χ3v) is 7.43. The molecule has 7 heteroatoms. The maximum atomic E-state index is 13.4. The van der Waals surface area contributed by atoms with E-state index in [1.54, 1.807) is 30.3 Å².